The summed E-state index contributed by atoms with van der Waals surface area (Å²) < 4.78 is 0. The number of aromatic amines is 1. The predicted octanol–water partition coefficient (Wildman–Crippen LogP) is 3.66. The molecule has 1 saturated carbocycles. The topological polar surface area (TPSA) is 112 Å². The van der Waals surface area contributed by atoms with Gasteiger partial charge in [0.1, 0.15) is 17.7 Å². The maximum absolute atomic E-state index is 10.3. The van der Waals surface area contributed by atoms with E-state index < -0.39 is 5.60 Å². The van der Waals surface area contributed by atoms with Gasteiger partial charge in [-0.2, -0.15) is 0 Å². The fourth-order valence-electron chi connectivity index (χ4n) is 3.38. The van der Waals surface area contributed by atoms with Crippen molar-refractivity contribution in [2.24, 2.45) is 0 Å². The maximum Gasteiger partial charge on any atom is 0.182 e. The molecule has 1 aliphatic carbocycles. The molecule has 0 radical (unpaired) electrons. The Bertz CT molecular complexity index is 1200. The Kier molecular flexibility index (Phi) is 4.25. The first-order valence-corrected chi connectivity index (χ1v) is 9.86. The minimum atomic E-state index is -0.639. The first kappa shape index (κ1) is 18.1. The molecule has 148 valence electrons. The molecule has 9 heteroatoms. The van der Waals surface area contributed by atoms with Crippen LogP contribution in [0.4, 0.5) is 11.6 Å². The number of anilines is 2. The van der Waals surface area contributed by atoms with Gasteiger partial charge in [0, 0.05) is 17.5 Å². The van der Waals surface area contributed by atoms with Crippen molar-refractivity contribution in [3.63, 3.8) is 0 Å². The zero-order valence-electron chi connectivity index (χ0n) is 15.8. The van der Waals surface area contributed by atoms with E-state index in [0.29, 0.717) is 28.9 Å². The molecule has 4 N–H and O–H groups in total. The highest BCUT2D eigenvalue weighted by Crippen LogP contribution is 2.36. The number of halogens is 1. The summed E-state index contributed by atoms with van der Waals surface area (Å²) in [4.78, 5) is 20.5. The van der Waals surface area contributed by atoms with E-state index in [0.717, 1.165) is 34.8 Å². The Morgan fingerprint density at radius 2 is 2.10 bits per heavy atom. The van der Waals surface area contributed by atoms with Crippen LogP contribution < -0.4 is 10.6 Å². The molecular formula is C20H20ClN7O. The lowest BCUT2D eigenvalue weighted by Gasteiger charge is -2.21. The van der Waals surface area contributed by atoms with Crippen molar-refractivity contribution in [2.75, 3.05) is 17.2 Å². The van der Waals surface area contributed by atoms with Crippen LogP contribution in [0.5, 0.6) is 0 Å². The Morgan fingerprint density at radius 3 is 2.93 bits per heavy atom. The lowest BCUT2D eigenvalue weighted by Crippen LogP contribution is -2.22. The van der Waals surface area contributed by atoms with E-state index >= 15 is 0 Å². The van der Waals surface area contributed by atoms with Gasteiger partial charge in [-0.05, 0) is 31.9 Å². The van der Waals surface area contributed by atoms with E-state index in [1.54, 1.807) is 6.33 Å². The van der Waals surface area contributed by atoms with E-state index in [1.165, 1.54) is 6.33 Å². The third-order valence-electron chi connectivity index (χ3n) is 5.28. The number of hydrogen-bond donors (Lipinski definition) is 4. The fourth-order valence-corrected chi connectivity index (χ4v) is 3.60. The van der Waals surface area contributed by atoms with Crippen LogP contribution in [0, 0.1) is 0 Å². The number of fused-ring (bicyclic) bond motifs is 2. The van der Waals surface area contributed by atoms with Gasteiger partial charge < -0.3 is 20.7 Å². The Balaban J connectivity index is 1.53. The highest BCUT2D eigenvalue weighted by atomic mass is 35.5. The number of benzene rings is 1. The molecule has 3 aromatic heterocycles. The first-order chi connectivity index (χ1) is 14.0. The molecular weight excluding hydrogens is 390 g/mol. The molecule has 1 fully saturated rings. The van der Waals surface area contributed by atoms with Gasteiger partial charge >= 0.3 is 0 Å². The second-order valence-corrected chi connectivity index (χ2v) is 7.91. The second-order valence-electron chi connectivity index (χ2n) is 7.51. The monoisotopic (exact) mass is 409 g/mol. The van der Waals surface area contributed by atoms with E-state index in [1.807, 2.05) is 25.1 Å². The van der Waals surface area contributed by atoms with Gasteiger partial charge in [-0.15, -0.1) is 0 Å². The van der Waals surface area contributed by atoms with Crippen LogP contribution in [-0.2, 0) is 0 Å². The molecule has 8 nitrogen and oxygen atoms in total. The molecule has 4 aromatic rings. The van der Waals surface area contributed by atoms with Gasteiger partial charge in [0.25, 0.3) is 0 Å². The summed E-state index contributed by atoms with van der Waals surface area (Å²) >= 11 is 6.36. The van der Waals surface area contributed by atoms with Gasteiger partial charge in [0.2, 0.25) is 0 Å². The van der Waals surface area contributed by atoms with E-state index in [-0.39, 0.29) is 6.04 Å². The van der Waals surface area contributed by atoms with Crippen LogP contribution in [0.15, 0.2) is 36.9 Å². The van der Waals surface area contributed by atoms with Crippen molar-refractivity contribution in [3.8, 4) is 0 Å². The molecule has 1 atom stereocenters. The van der Waals surface area contributed by atoms with Gasteiger partial charge in [-0.1, -0.05) is 23.7 Å². The van der Waals surface area contributed by atoms with Crippen molar-refractivity contribution < 1.29 is 5.11 Å². The van der Waals surface area contributed by atoms with Crippen molar-refractivity contribution in [1.29, 1.82) is 0 Å². The summed E-state index contributed by atoms with van der Waals surface area (Å²) in [6, 6.07) is 7.67. The Morgan fingerprint density at radius 1 is 1.24 bits per heavy atom. The number of imidazole rings is 1. The van der Waals surface area contributed by atoms with Crippen LogP contribution >= 0.6 is 11.6 Å². The quantitative estimate of drug-likeness (QED) is 0.384. The Hall–Kier alpha value is -2.97. The van der Waals surface area contributed by atoms with Crippen LogP contribution in [0.25, 0.3) is 22.1 Å². The molecule has 0 amide bonds. The number of pyridine rings is 1. The highest BCUT2D eigenvalue weighted by Gasteiger charge is 2.40. The molecule has 1 aromatic carbocycles. The summed E-state index contributed by atoms with van der Waals surface area (Å²) in [7, 11) is 0. The number of H-pyrrole nitrogens is 1. The summed E-state index contributed by atoms with van der Waals surface area (Å²) in [6.07, 6.45) is 4.68. The zero-order valence-corrected chi connectivity index (χ0v) is 16.5. The standard InChI is InChI=1S/C20H20ClN7O/c1-11(27-19-16-18(24-9-23-16)25-10-26-19)13-7-12-3-2-4-14(21)15(12)28-17(13)22-8-20(29)5-6-20/h2-4,7,9-11,29H,5-6,8H2,1H3,(H,22,28)(H2,23,24,25,26,27). The number of rotatable bonds is 6. The minimum Gasteiger partial charge on any atom is -0.388 e. The molecule has 0 bridgehead atoms. The SMILES string of the molecule is CC(Nc1ncnc2nc[nH]c12)c1cc2cccc(Cl)c2nc1NCC1(O)CC1. The number of nitrogens with zero attached hydrogens (tertiary/aromatic N) is 4. The lowest BCUT2D eigenvalue weighted by atomic mass is 10.1. The third-order valence-corrected chi connectivity index (χ3v) is 5.59. The van der Waals surface area contributed by atoms with Crippen LogP contribution in [0.3, 0.4) is 0 Å². The second kappa shape index (κ2) is 6.82. The summed E-state index contributed by atoms with van der Waals surface area (Å²) in [5, 5.41) is 18.5. The summed E-state index contributed by atoms with van der Waals surface area (Å²) in [6.45, 7) is 2.49. The zero-order chi connectivity index (χ0) is 20.0. The predicted molar refractivity (Wildman–Crippen MR) is 113 cm³/mol. The third kappa shape index (κ3) is 3.45. The van der Waals surface area contributed by atoms with E-state index in [2.05, 4.69) is 36.6 Å². The van der Waals surface area contributed by atoms with Crippen LogP contribution in [-0.4, -0.2) is 42.2 Å². The van der Waals surface area contributed by atoms with Gasteiger partial charge in [-0.3, -0.25) is 0 Å². The Labute approximate surface area is 171 Å². The maximum atomic E-state index is 10.3. The van der Waals surface area contributed by atoms with Gasteiger partial charge in [0.05, 0.1) is 28.5 Å². The largest absolute Gasteiger partial charge is 0.388 e. The highest BCUT2D eigenvalue weighted by molar-refractivity contribution is 6.35. The van der Waals surface area contributed by atoms with E-state index in [9.17, 15) is 5.11 Å². The summed E-state index contributed by atoms with van der Waals surface area (Å²) in [5.41, 5.74) is 2.40. The molecule has 1 aliphatic rings. The first-order valence-electron chi connectivity index (χ1n) is 9.48. The molecule has 29 heavy (non-hydrogen) atoms. The fraction of sp³-hybridized carbons (Fsp3) is 0.300. The molecule has 3 heterocycles. The number of hydrogen-bond acceptors (Lipinski definition) is 7. The number of aliphatic hydroxyl groups is 1. The number of aromatic nitrogens is 5. The smallest absolute Gasteiger partial charge is 0.182 e. The minimum absolute atomic E-state index is 0.122. The lowest BCUT2D eigenvalue weighted by molar-refractivity contribution is 0.164. The van der Waals surface area contributed by atoms with Crippen LogP contribution in [0.1, 0.15) is 31.4 Å². The normalized spacial score (nSPS) is 16.1. The van der Waals surface area contributed by atoms with Gasteiger partial charge in [0.15, 0.2) is 11.5 Å². The van der Waals surface area contributed by atoms with Crippen molar-refractivity contribution in [3.05, 3.63) is 47.5 Å². The number of nitrogens with one attached hydrogen (secondary N) is 3. The average Bonchev–Trinajstić information content (AvgIpc) is 3.25. The number of para-hydroxylation sites is 1. The summed E-state index contributed by atoms with van der Waals surface area (Å²) in [5.74, 6) is 1.36. The average molecular weight is 410 g/mol. The van der Waals surface area contributed by atoms with Gasteiger partial charge in [-0.25, -0.2) is 19.9 Å². The van der Waals surface area contributed by atoms with Crippen LogP contribution in [0.2, 0.25) is 5.02 Å². The molecule has 0 saturated heterocycles. The van der Waals surface area contributed by atoms with E-state index in [4.69, 9.17) is 16.6 Å². The molecule has 0 spiro atoms. The van der Waals surface area contributed by atoms with Crippen molar-refractivity contribution in [2.45, 2.75) is 31.4 Å². The molecule has 0 aliphatic heterocycles. The van der Waals surface area contributed by atoms with Crippen molar-refractivity contribution >= 4 is 45.3 Å². The molecule has 1 unspecified atom stereocenters. The van der Waals surface area contributed by atoms with Crippen molar-refractivity contribution in [1.82, 2.24) is 24.9 Å². The molecule has 5 rings (SSSR count).